The number of hydrogen-bond acceptors (Lipinski definition) is 1. The van der Waals surface area contributed by atoms with E-state index in [0.717, 1.165) is 34.4 Å². The van der Waals surface area contributed by atoms with Crippen LogP contribution in [0.4, 0.5) is 0 Å². The summed E-state index contributed by atoms with van der Waals surface area (Å²) in [5, 5.41) is 3.16. The van der Waals surface area contributed by atoms with Crippen molar-refractivity contribution in [2.45, 2.75) is 45.6 Å². The lowest BCUT2D eigenvalue weighted by Crippen LogP contribution is -2.37. The number of amides is 1. The van der Waals surface area contributed by atoms with Crippen LogP contribution in [-0.4, -0.2) is 11.9 Å². The van der Waals surface area contributed by atoms with Crippen LogP contribution in [-0.2, 0) is 0 Å². The summed E-state index contributed by atoms with van der Waals surface area (Å²) >= 11 is 3.47. The van der Waals surface area contributed by atoms with Crippen LogP contribution >= 0.6 is 15.9 Å². The van der Waals surface area contributed by atoms with E-state index in [9.17, 15) is 4.79 Å². The molecule has 2 rings (SSSR count). The van der Waals surface area contributed by atoms with Crippen LogP contribution < -0.4 is 5.32 Å². The van der Waals surface area contributed by atoms with Crippen LogP contribution in [0.25, 0.3) is 0 Å². The Kier molecular flexibility index (Phi) is 4.44. The smallest absolute Gasteiger partial charge is 0.251 e. The lowest BCUT2D eigenvalue weighted by Gasteiger charge is -2.27. The van der Waals surface area contributed by atoms with Gasteiger partial charge in [-0.1, -0.05) is 28.9 Å². The molecule has 1 amide bonds. The van der Waals surface area contributed by atoms with Crippen molar-refractivity contribution in [3.63, 3.8) is 0 Å². The second-order valence-corrected chi connectivity index (χ2v) is 6.20. The van der Waals surface area contributed by atoms with E-state index in [-0.39, 0.29) is 5.91 Å². The van der Waals surface area contributed by atoms with Gasteiger partial charge in [0.15, 0.2) is 0 Å². The molecule has 0 unspecified atom stereocenters. The standard InChI is InChI=1S/C15H20BrNO/c1-10-6-8-12(9-7-10)17-15(18)13-4-3-5-14(16)11(13)2/h3-5,10,12H,6-9H2,1-2H3,(H,17,18). The van der Waals surface area contributed by atoms with Gasteiger partial charge < -0.3 is 5.32 Å². The second-order valence-electron chi connectivity index (χ2n) is 5.34. The van der Waals surface area contributed by atoms with Gasteiger partial charge in [0.25, 0.3) is 5.91 Å². The molecule has 0 atom stereocenters. The zero-order chi connectivity index (χ0) is 13.1. The number of carbonyl (C=O) groups excluding carboxylic acids is 1. The summed E-state index contributed by atoms with van der Waals surface area (Å²) in [7, 11) is 0. The van der Waals surface area contributed by atoms with Crippen molar-refractivity contribution in [1.29, 1.82) is 0 Å². The maximum absolute atomic E-state index is 12.2. The molecule has 0 aliphatic heterocycles. The first-order chi connectivity index (χ1) is 8.58. The van der Waals surface area contributed by atoms with E-state index in [2.05, 4.69) is 28.2 Å². The molecule has 1 aliphatic carbocycles. The molecule has 1 N–H and O–H groups in total. The average molecular weight is 310 g/mol. The summed E-state index contributed by atoms with van der Waals surface area (Å²) < 4.78 is 0.993. The molecule has 1 fully saturated rings. The molecule has 1 aromatic rings. The fourth-order valence-corrected chi connectivity index (χ4v) is 2.89. The van der Waals surface area contributed by atoms with Crippen LogP contribution in [0, 0.1) is 12.8 Å². The van der Waals surface area contributed by atoms with Gasteiger partial charge in [-0.05, 0) is 56.2 Å². The molecule has 98 valence electrons. The zero-order valence-corrected chi connectivity index (χ0v) is 12.6. The number of benzene rings is 1. The predicted octanol–water partition coefficient (Wildman–Crippen LogP) is 4.07. The Morgan fingerprint density at radius 1 is 1.28 bits per heavy atom. The highest BCUT2D eigenvalue weighted by atomic mass is 79.9. The third-order valence-corrected chi connectivity index (χ3v) is 4.72. The highest BCUT2D eigenvalue weighted by molar-refractivity contribution is 9.10. The molecule has 1 aliphatic rings. The van der Waals surface area contributed by atoms with Gasteiger partial charge in [-0.2, -0.15) is 0 Å². The first-order valence-electron chi connectivity index (χ1n) is 6.64. The van der Waals surface area contributed by atoms with E-state index in [4.69, 9.17) is 0 Å². The van der Waals surface area contributed by atoms with E-state index in [1.165, 1.54) is 12.8 Å². The van der Waals surface area contributed by atoms with Crippen molar-refractivity contribution in [2.24, 2.45) is 5.92 Å². The summed E-state index contributed by atoms with van der Waals surface area (Å²) in [6, 6.07) is 6.12. The van der Waals surface area contributed by atoms with Crippen LogP contribution in [0.5, 0.6) is 0 Å². The number of rotatable bonds is 2. The Labute approximate surface area is 117 Å². The fraction of sp³-hybridized carbons (Fsp3) is 0.533. The monoisotopic (exact) mass is 309 g/mol. The SMILES string of the molecule is Cc1c(Br)cccc1C(=O)NC1CCC(C)CC1. The van der Waals surface area contributed by atoms with Crippen molar-refractivity contribution in [2.75, 3.05) is 0 Å². The zero-order valence-electron chi connectivity index (χ0n) is 11.0. The van der Waals surface area contributed by atoms with Gasteiger partial charge >= 0.3 is 0 Å². The van der Waals surface area contributed by atoms with Crippen molar-refractivity contribution < 1.29 is 4.79 Å². The molecule has 0 saturated heterocycles. The summed E-state index contributed by atoms with van der Waals surface area (Å²) in [4.78, 5) is 12.2. The third kappa shape index (κ3) is 3.14. The molecule has 3 heteroatoms. The summed E-state index contributed by atoms with van der Waals surface area (Å²) in [5.74, 6) is 0.874. The van der Waals surface area contributed by atoms with Crippen LogP contribution in [0.3, 0.4) is 0 Å². The lowest BCUT2D eigenvalue weighted by molar-refractivity contribution is 0.0922. The number of hydrogen-bond donors (Lipinski definition) is 1. The Bertz CT molecular complexity index is 436. The number of halogens is 1. The molecule has 0 aromatic heterocycles. The molecule has 0 heterocycles. The largest absolute Gasteiger partial charge is 0.349 e. The van der Waals surface area contributed by atoms with Crippen molar-refractivity contribution in [3.05, 3.63) is 33.8 Å². The molecule has 1 saturated carbocycles. The van der Waals surface area contributed by atoms with Crippen LogP contribution in [0.1, 0.15) is 48.5 Å². The van der Waals surface area contributed by atoms with Gasteiger partial charge in [0.2, 0.25) is 0 Å². The molecule has 1 aromatic carbocycles. The molecular formula is C15H20BrNO. The minimum atomic E-state index is 0.0633. The highest BCUT2D eigenvalue weighted by Gasteiger charge is 2.21. The van der Waals surface area contributed by atoms with E-state index in [0.29, 0.717) is 6.04 Å². The number of carbonyl (C=O) groups is 1. The quantitative estimate of drug-likeness (QED) is 0.876. The minimum Gasteiger partial charge on any atom is -0.349 e. The molecule has 0 spiro atoms. The Hall–Kier alpha value is -0.830. The lowest BCUT2D eigenvalue weighted by atomic mass is 9.87. The number of nitrogens with one attached hydrogen (secondary N) is 1. The maximum atomic E-state index is 12.2. The van der Waals surface area contributed by atoms with E-state index < -0.39 is 0 Å². The molecule has 0 radical (unpaired) electrons. The van der Waals surface area contributed by atoms with Gasteiger partial charge in [0.05, 0.1) is 0 Å². The molecular weight excluding hydrogens is 290 g/mol. The summed E-state index contributed by atoms with van der Waals surface area (Å²) in [6.07, 6.45) is 4.67. The Balaban J connectivity index is 2.01. The molecule has 2 nitrogen and oxygen atoms in total. The Morgan fingerprint density at radius 3 is 2.61 bits per heavy atom. The van der Waals surface area contributed by atoms with Crippen LogP contribution in [0.15, 0.2) is 22.7 Å². The predicted molar refractivity (Wildman–Crippen MR) is 77.8 cm³/mol. The first kappa shape index (κ1) is 13.6. The van der Waals surface area contributed by atoms with Crippen LogP contribution in [0.2, 0.25) is 0 Å². The minimum absolute atomic E-state index is 0.0633. The van der Waals surface area contributed by atoms with Gasteiger partial charge in [0, 0.05) is 16.1 Å². The third-order valence-electron chi connectivity index (χ3n) is 3.86. The van der Waals surface area contributed by atoms with Crippen molar-refractivity contribution in [3.8, 4) is 0 Å². The van der Waals surface area contributed by atoms with Gasteiger partial charge in [-0.25, -0.2) is 0 Å². The maximum Gasteiger partial charge on any atom is 0.251 e. The van der Waals surface area contributed by atoms with E-state index in [1.54, 1.807) is 0 Å². The van der Waals surface area contributed by atoms with Gasteiger partial charge in [-0.15, -0.1) is 0 Å². The first-order valence-corrected chi connectivity index (χ1v) is 7.43. The van der Waals surface area contributed by atoms with Gasteiger partial charge in [0.1, 0.15) is 0 Å². The summed E-state index contributed by atoms with van der Waals surface area (Å²) in [5.41, 5.74) is 1.79. The van der Waals surface area contributed by atoms with E-state index >= 15 is 0 Å². The van der Waals surface area contributed by atoms with Crippen molar-refractivity contribution in [1.82, 2.24) is 5.32 Å². The van der Waals surface area contributed by atoms with Gasteiger partial charge in [-0.3, -0.25) is 4.79 Å². The van der Waals surface area contributed by atoms with Crippen molar-refractivity contribution >= 4 is 21.8 Å². The second kappa shape index (κ2) is 5.87. The fourth-order valence-electron chi connectivity index (χ4n) is 2.52. The molecule has 0 bridgehead atoms. The average Bonchev–Trinajstić information content (AvgIpc) is 2.35. The molecule has 18 heavy (non-hydrogen) atoms. The highest BCUT2D eigenvalue weighted by Crippen LogP contribution is 2.24. The van der Waals surface area contributed by atoms with E-state index in [1.807, 2.05) is 25.1 Å². The Morgan fingerprint density at radius 2 is 1.94 bits per heavy atom. The normalized spacial score (nSPS) is 23.7. The topological polar surface area (TPSA) is 29.1 Å². The summed E-state index contributed by atoms with van der Waals surface area (Å²) in [6.45, 7) is 4.26.